The van der Waals surface area contributed by atoms with E-state index in [9.17, 15) is 4.79 Å². The van der Waals surface area contributed by atoms with Crippen LogP contribution in [0.3, 0.4) is 0 Å². The molecular formula is C16H13ClN4OS. The van der Waals surface area contributed by atoms with Crippen LogP contribution in [0, 0.1) is 0 Å². The second-order valence-electron chi connectivity index (χ2n) is 4.66. The van der Waals surface area contributed by atoms with E-state index in [0.29, 0.717) is 10.2 Å². The van der Waals surface area contributed by atoms with Crippen LogP contribution in [0.2, 0.25) is 5.02 Å². The Morgan fingerprint density at radius 1 is 1.26 bits per heavy atom. The minimum Gasteiger partial charge on any atom is -0.333 e. The molecule has 0 aliphatic heterocycles. The Morgan fingerprint density at radius 3 is 2.87 bits per heavy atom. The fourth-order valence-electron chi connectivity index (χ4n) is 1.92. The molecule has 1 aromatic heterocycles. The number of carbonyl (C=O) groups excluding carboxylic acids is 1. The molecule has 3 rings (SSSR count). The number of rotatable bonds is 5. The highest BCUT2D eigenvalue weighted by atomic mass is 35.5. The lowest BCUT2D eigenvalue weighted by Crippen LogP contribution is -2.19. The summed E-state index contributed by atoms with van der Waals surface area (Å²) in [7, 11) is 0. The summed E-state index contributed by atoms with van der Waals surface area (Å²) in [6.45, 7) is 0. The van der Waals surface area contributed by atoms with Gasteiger partial charge in [0.25, 0.3) is 5.91 Å². The van der Waals surface area contributed by atoms with Crippen molar-refractivity contribution < 1.29 is 4.79 Å². The van der Waals surface area contributed by atoms with Crippen molar-refractivity contribution in [3.05, 3.63) is 59.1 Å². The molecule has 0 aliphatic carbocycles. The van der Waals surface area contributed by atoms with Crippen molar-refractivity contribution in [1.29, 1.82) is 0 Å². The van der Waals surface area contributed by atoms with Crippen LogP contribution in [0.25, 0.3) is 11.0 Å². The Hall–Kier alpha value is -2.31. The summed E-state index contributed by atoms with van der Waals surface area (Å²) in [5, 5.41) is 5.19. The fraction of sp³-hybridized carbons (Fsp3) is 0.0625. The van der Waals surface area contributed by atoms with Crippen LogP contribution in [0.5, 0.6) is 0 Å². The van der Waals surface area contributed by atoms with E-state index in [1.165, 1.54) is 18.0 Å². The Balaban J connectivity index is 1.52. The third kappa shape index (κ3) is 4.12. The summed E-state index contributed by atoms with van der Waals surface area (Å²) in [6, 6.07) is 15.0. The van der Waals surface area contributed by atoms with Crippen LogP contribution in [0.15, 0.2) is 58.8 Å². The quantitative estimate of drug-likeness (QED) is 0.423. The number of benzene rings is 2. The van der Waals surface area contributed by atoms with Crippen LogP contribution in [0.4, 0.5) is 0 Å². The van der Waals surface area contributed by atoms with Crippen LogP contribution >= 0.6 is 23.4 Å². The Bertz CT molecular complexity index is 829. The number of hydrazone groups is 1. The smallest absolute Gasteiger partial charge is 0.250 e. The maximum Gasteiger partial charge on any atom is 0.250 e. The van der Waals surface area contributed by atoms with Gasteiger partial charge in [-0.3, -0.25) is 4.79 Å². The summed E-state index contributed by atoms with van der Waals surface area (Å²) >= 11 is 7.32. The highest BCUT2D eigenvalue weighted by Gasteiger charge is 2.06. The zero-order valence-electron chi connectivity index (χ0n) is 12.0. The van der Waals surface area contributed by atoms with Crippen LogP contribution in [-0.2, 0) is 4.79 Å². The highest BCUT2D eigenvalue weighted by molar-refractivity contribution is 7.99. The largest absolute Gasteiger partial charge is 0.333 e. The van der Waals surface area contributed by atoms with Crippen molar-refractivity contribution in [2.24, 2.45) is 5.10 Å². The molecule has 116 valence electrons. The van der Waals surface area contributed by atoms with Gasteiger partial charge in [0.05, 0.1) is 23.0 Å². The first kappa shape index (κ1) is 15.6. The van der Waals surface area contributed by atoms with Gasteiger partial charge in [-0.05, 0) is 18.2 Å². The topological polar surface area (TPSA) is 70.1 Å². The van der Waals surface area contributed by atoms with Gasteiger partial charge in [0.1, 0.15) is 0 Å². The molecule has 1 heterocycles. The number of thioether (sulfide) groups is 1. The van der Waals surface area contributed by atoms with Crippen LogP contribution in [0.1, 0.15) is 5.56 Å². The number of aromatic nitrogens is 2. The first-order valence-electron chi connectivity index (χ1n) is 6.86. The van der Waals surface area contributed by atoms with E-state index in [1.54, 1.807) is 6.07 Å². The normalized spacial score (nSPS) is 11.2. The van der Waals surface area contributed by atoms with E-state index in [1.807, 2.05) is 42.5 Å². The molecule has 0 aliphatic rings. The van der Waals surface area contributed by atoms with Crippen molar-refractivity contribution in [3.8, 4) is 0 Å². The van der Waals surface area contributed by atoms with Gasteiger partial charge in [0.15, 0.2) is 5.16 Å². The molecule has 0 saturated heterocycles. The standard InChI is InChI=1S/C16H13ClN4OS/c17-12-6-2-1-5-11(12)9-18-21-15(22)10-23-16-19-13-7-3-4-8-14(13)20-16/h1-9H,10H2,(H,19,20)(H,21,22). The monoisotopic (exact) mass is 344 g/mol. The first-order valence-corrected chi connectivity index (χ1v) is 8.23. The number of nitrogens with zero attached hydrogens (tertiary/aromatic N) is 2. The van der Waals surface area contributed by atoms with E-state index in [0.717, 1.165) is 16.6 Å². The fourth-order valence-corrected chi connectivity index (χ4v) is 2.78. The molecule has 1 amide bonds. The van der Waals surface area contributed by atoms with E-state index in [-0.39, 0.29) is 11.7 Å². The molecule has 0 spiro atoms. The van der Waals surface area contributed by atoms with Gasteiger partial charge in [-0.2, -0.15) is 5.10 Å². The van der Waals surface area contributed by atoms with Crippen LogP contribution in [-0.4, -0.2) is 27.8 Å². The molecule has 3 aromatic rings. The average Bonchev–Trinajstić information content (AvgIpc) is 2.98. The lowest BCUT2D eigenvalue weighted by atomic mass is 10.2. The lowest BCUT2D eigenvalue weighted by molar-refractivity contribution is -0.118. The number of fused-ring (bicyclic) bond motifs is 1. The molecule has 0 unspecified atom stereocenters. The van der Waals surface area contributed by atoms with Gasteiger partial charge in [-0.25, -0.2) is 10.4 Å². The minimum absolute atomic E-state index is 0.209. The number of hydrogen-bond acceptors (Lipinski definition) is 4. The Morgan fingerprint density at radius 2 is 2.04 bits per heavy atom. The predicted octanol–water partition coefficient (Wildman–Crippen LogP) is 3.46. The predicted molar refractivity (Wildman–Crippen MR) is 94.0 cm³/mol. The van der Waals surface area contributed by atoms with Gasteiger partial charge >= 0.3 is 0 Å². The van der Waals surface area contributed by atoms with Crippen LogP contribution < -0.4 is 5.43 Å². The number of imidazole rings is 1. The molecule has 0 radical (unpaired) electrons. The summed E-state index contributed by atoms with van der Waals surface area (Å²) < 4.78 is 0. The number of aromatic amines is 1. The molecule has 5 nitrogen and oxygen atoms in total. The molecule has 0 atom stereocenters. The number of amides is 1. The number of halogens is 1. The number of nitrogens with one attached hydrogen (secondary N) is 2. The number of carbonyl (C=O) groups is 1. The third-order valence-corrected chi connectivity index (χ3v) is 4.22. The lowest BCUT2D eigenvalue weighted by Gasteiger charge is -1.99. The first-order chi connectivity index (χ1) is 11.2. The maximum atomic E-state index is 11.8. The summed E-state index contributed by atoms with van der Waals surface area (Å²) in [5.74, 6) is 0.0124. The Kier molecular flexibility index (Phi) is 4.95. The molecule has 0 fully saturated rings. The molecule has 2 N–H and O–H groups in total. The second-order valence-corrected chi connectivity index (χ2v) is 6.03. The molecule has 7 heteroatoms. The second kappa shape index (κ2) is 7.30. The van der Waals surface area contributed by atoms with Gasteiger partial charge < -0.3 is 4.98 Å². The van der Waals surface area contributed by atoms with Crippen molar-refractivity contribution in [1.82, 2.24) is 15.4 Å². The van der Waals surface area contributed by atoms with E-state index >= 15 is 0 Å². The van der Waals surface area contributed by atoms with E-state index < -0.39 is 0 Å². The number of para-hydroxylation sites is 2. The molecule has 23 heavy (non-hydrogen) atoms. The minimum atomic E-state index is -0.209. The van der Waals surface area contributed by atoms with Crippen molar-refractivity contribution >= 4 is 46.5 Å². The zero-order chi connectivity index (χ0) is 16.1. The molecule has 0 saturated carbocycles. The SMILES string of the molecule is O=C(CSc1nc2ccccc2[nH]1)NN=Cc1ccccc1Cl. The van der Waals surface area contributed by atoms with Crippen molar-refractivity contribution in [3.63, 3.8) is 0 Å². The zero-order valence-corrected chi connectivity index (χ0v) is 13.6. The maximum absolute atomic E-state index is 11.8. The summed E-state index contributed by atoms with van der Waals surface area (Å²) in [6.07, 6.45) is 1.52. The molecule has 0 bridgehead atoms. The van der Waals surface area contributed by atoms with Crippen molar-refractivity contribution in [2.75, 3.05) is 5.75 Å². The van der Waals surface area contributed by atoms with E-state index in [2.05, 4.69) is 20.5 Å². The Labute approximate surface area is 142 Å². The van der Waals surface area contributed by atoms with Gasteiger partial charge in [-0.15, -0.1) is 0 Å². The van der Waals surface area contributed by atoms with E-state index in [4.69, 9.17) is 11.6 Å². The summed E-state index contributed by atoms with van der Waals surface area (Å²) in [5.41, 5.74) is 5.05. The molecular weight excluding hydrogens is 332 g/mol. The number of H-pyrrole nitrogens is 1. The highest BCUT2D eigenvalue weighted by Crippen LogP contribution is 2.18. The molecule has 2 aromatic carbocycles. The average molecular weight is 345 g/mol. The number of hydrogen-bond donors (Lipinski definition) is 2. The van der Waals surface area contributed by atoms with Gasteiger partial charge in [0.2, 0.25) is 0 Å². The van der Waals surface area contributed by atoms with Gasteiger partial charge in [-0.1, -0.05) is 53.7 Å². The van der Waals surface area contributed by atoms with Gasteiger partial charge in [0, 0.05) is 10.6 Å². The summed E-state index contributed by atoms with van der Waals surface area (Å²) in [4.78, 5) is 19.3. The van der Waals surface area contributed by atoms with Crippen molar-refractivity contribution in [2.45, 2.75) is 5.16 Å². The third-order valence-electron chi connectivity index (χ3n) is 3.01.